The predicted molar refractivity (Wildman–Crippen MR) is 72.0 cm³/mol. The van der Waals surface area contributed by atoms with Crippen molar-refractivity contribution in [1.29, 1.82) is 0 Å². The molecule has 0 fully saturated rings. The second-order valence-corrected chi connectivity index (χ2v) is 4.88. The highest BCUT2D eigenvalue weighted by atomic mass is 16.5. The molecule has 0 atom stereocenters. The van der Waals surface area contributed by atoms with Gasteiger partial charge in [-0.25, -0.2) is 10.8 Å². The predicted octanol–water partition coefficient (Wildman–Crippen LogP) is -0.653. The van der Waals surface area contributed by atoms with Crippen molar-refractivity contribution < 1.29 is 9.53 Å². The molecule has 0 aliphatic rings. The number of methoxy groups -OCH3 is 1. The highest BCUT2D eigenvalue weighted by molar-refractivity contribution is 5.84. The van der Waals surface area contributed by atoms with Gasteiger partial charge in [0.05, 0.1) is 0 Å². The summed E-state index contributed by atoms with van der Waals surface area (Å²) < 4.78 is 4.91. The molecule has 0 rings (SSSR count). The van der Waals surface area contributed by atoms with Crippen LogP contribution in [0.5, 0.6) is 0 Å². The molecule has 18 heavy (non-hydrogen) atoms. The second kappa shape index (κ2) is 8.71. The minimum Gasteiger partial charge on any atom is -0.385 e. The molecule has 0 radical (unpaired) electrons. The standard InChI is InChI=1S/C11H25N5O2/c1-11(2,3)15-9(17)8-14-10(16-12)13-6-5-7-18-4/h5-8,12H2,1-4H3,(H,15,17)(H2,13,14,16). The Labute approximate surface area is 109 Å². The van der Waals surface area contributed by atoms with E-state index in [-0.39, 0.29) is 18.0 Å². The molecule has 0 saturated heterocycles. The Morgan fingerprint density at radius 1 is 1.39 bits per heavy atom. The summed E-state index contributed by atoms with van der Waals surface area (Å²) in [6.45, 7) is 7.13. The van der Waals surface area contributed by atoms with Gasteiger partial charge in [0, 0.05) is 25.8 Å². The summed E-state index contributed by atoms with van der Waals surface area (Å²) in [6.07, 6.45) is 0.839. The van der Waals surface area contributed by atoms with Crippen molar-refractivity contribution in [2.24, 2.45) is 10.8 Å². The van der Waals surface area contributed by atoms with E-state index >= 15 is 0 Å². The molecule has 7 heteroatoms. The molecular weight excluding hydrogens is 234 g/mol. The lowest BCUT2D eigenvalue weighted by Crippen LogP contribution is -2.44. The largest absolute Gasteiger partial charge is 0.385 e. The fourth-order valence-electron chi connectivity index (χ4n) is 1.18. The van der Waals surface area contributed by atoms with Crippen molar-refractivity contribution in [3.05, 3.63) is 0 Å². The lowest BCUT2D eigenvalue weighted by Gasteiger charge is -2.19. The summed E-state index contributed by atoms with van der Waals surface area (Å²) in [6, 6.07) is 0. The highest BCUT2D eigenvalue weighted by Crippen LogP contribution is 1.97. The zero-order valence-corrected chi connectivity index (χ0v) is 11.7. The van der Waals surface area contributed by atoms with Crippen LogP contribution in [0.25, 0.3) is 0 Å². The van der Waals surface area contributed by atoms with Crippen LogP contribution < -0.4 is 21.9 Å². The Kier molecular flexibility index (Phi) is 8.06. The minimum absolute atomic E-state index is 0.0358. The molecule has 7 nitrogen and oxygen atoms in total. The van der Waals surface area contributed by atoms with Crippen molar-refractivity contribution in [1.82, 2.24) is 16.1 Å². The van der Waals surface area contributed by atoms with Gasteiger partial charge in [0.2, 0.25) is 11.9 Å². The maximum atomic E-state index is 11.5. The van der Waals surface area contributed by atoms with E-state index in [0.717, 1.165) is 6.42 Å². The van der Waals surface area contributed by atoms with E-state index in [4.69, 9.17) is 10.6 Å². The number of guanidine groups is 1. The van der Waals surface area contributed by atoms with E-state index in [1.807, 2.05) is 20.8 Å². The molecule has 0 heterocycles. The van der Waals surface area contributed by atoms with Gasteiger partial charge in [-0.2, -0.15) is 0 Å². The number of amides is 1. The third kappa shape index (κ3) is 9.86. The fourth-order valence-corrected chi connectivity index (χ4v) is 1.18. The molecule has 0 aromatic heterocycles. The maximum Gasteiger partial charge on any atom is 0.242 e. The van der Waals surface area contributed by atoms with Crippen LogP contribution in [-0.2, 0) is 9.53 Å². The van der Waals surface area contributed by atoms with Crippen molar-refractivity contribution in [3.8, 4) is 0 Å². The summed E-state index contributed by atoms with van der Waals surface area (Å²) in [5, 5.41) is 5.79. The first kappa shape index (κ1) is 16.7. The van der Waals surface area contributed by atoms with E-state index in [0.29, 0.717) is 19.1 Å². The number of rotatable bonds is 6. The second-order valence-electron chi connectivity index (χ2n) is 4.88. The summed E-state index contributed by atoms with van der Waals surface area (Å²) in [7, 11) is 1.65. The Morgan fingerprint density at radius 2 is 2.06 bits per heavy atom. The molecular formula is C11H25N5O2. The van der Waals surface area contributed by atoms with Gasteiger partial charge < -0.3 is 15.4 Å². The number of nitrogens with zero attached hydrogens (tertiary/aromatic N) is 1. The van der Waals surface area contributed by atoms with Gasteiger partial charge in [-0.15, -0.1) is 0 Å². The molecule has 0 bridgehead atoms. The number of carbonyl (C=O) groups excluding carboxylic acids is 1. The topological polar surface area (TPSA) is 101 Å². The zero-order chi connectivity index (χ0) is 14.0. The molecule has 1 amide bonds. The lowest BCUT2D eigenvalue weighted by atomic mass is 10.1. The number of nitrogens with two attached hydrogens (primary N) is 1. The molecule has 0 aromatic carbocycles. The summed E-state index contributed by atoms with van der Waals surface area (Å²) in [4.78, 5) is 15.6. The maximum absolute atomic E-state index is 11.5. The lowest BCUT2D eigenvalue weighted by molar-refractivity contribution is -0.121. The van der Waals surface area contributed by atoms with Crippen molar-refractivity contribution in [2.45, 2.75) is 32.7 Å². The quantitative estimate of drug-likeness (QED) is 0.167. The number of hydrogen-bond acceptors (Lipinski definition) is 4. The zero-order valence-electron chi connectivity index (χ0n) is 11.7. The summed E-state index contributed by atoms with van der Waals surface area (Å²) in [5.41, 5.74) is 2.16. The SMILES string of the molecule is COCCCNC(=NCC(=O)NC(C)(C)C)NN. The van der Waals surface area contributed by atoms with E-state index in [2.05, 4.69) is 21.1 Å². The Morgan fingerprint density at radius 3 is 2.56 bits per heavy atom. The first-order chi connectivity index (χ1) is 8.39. The normalized spacial score (nSPS) is 12.2. The van der Waals surface area contributed by atoms with Gasteiger partial charge in [-0.05, 0) is 27.2 Å². The molecule has 0 aromatic rings. The Balaban J connectivity index is 3.99. The monoisotopic (exact) mass is 259 g/mol. The fraction of sp³-hybridized carbons (Fsp3) is 0.818. The molecule has 0 spiro atoms. The third-order valence-electron chi connectivity index (χ3n) is 1.85. The van der Waals surface area contributed by atoms with Crippen LogP contribution in [0.2, 0.25) is 0 Å². The number of nitrogens with one attached hydrogen (secondary N) is 3. The smallest absolute Gasteiger partial charge is 0.242 e. The van der Waals surface area contributed by atoms with Crippen molar-refractivity contribution in [2.75, 3.05) is 26.8 Å². The Hall–Kier alpha value is -1.34. The molecule has 0 aliphatic carbocycles. The van der Waals surface area contributed by atoms with Crippen LogP contribution >= 0.6 is 0 Å². The molecule has 5 N–H and O–H groups in total. The van der Waals surface area contributed by atoms with Crippen LogP contribution in [0.4, 0.5) is 0 Å². The molecule has 0 saturated carbocycles. The number of hydrazine groups is 1. The van der Waals surface area contributed by atoms with Gasteiger partial charge >= 0.3 is 0 Å². The average Bonchev–Trinajstić information content (AvgIpc) is 2.26. The van der Waals surface area contributed by atoms with Crippen LogP contribution in [0, 0.1) is 0 Å². The first-order valence-electron chi connectivity index (χ1n) is 5.94. The van der Waals surface area contributed by atoms with Gasteiger partial charge in [0.15, 0.2) is 0 Å². The summed E-state index contributed by atoms with van der Waals surface area (Å²) in [5.74, 6) is 5.55. The van der Waals surface area contributed by atoms with E-state index in [9.17, 15) is 4.79 Å². The van der Waals surface area contributed by atoms with E-state index in [1.54, 1.807) is 7.11 Å². The van der Waals surface area contributed by atoms with E-state index < -0.39 is 0 Å². The minimum atomic E-state index is -0.255. The van der Waals surface area contributed by atoms with Crippen molar-refractivity contribution in [3.63, 3.8) is 0 Å². The number of ether oxygens (including phenoxy) is 1. The molecule has 0 aliphatic heterocycles. The van der Waals surface area contributed by atoms with Crippen LogP contribution in [0.15, 0.2) is 4.99 Å². The number of hydrogen-bond donors (Lipinski definition) is 4. The highest BCUT2D eigenvalue weighted by Gasteiger charge is 2.12. The van der Waals surface area contributed by atoms with Crippen LogP contribution in [0.1, 0.15) is 27.2 Å². The Bertz CT molecular complexity index is 273. The van der Waals surface area contributed by atoms with E-state index in [1.165, 1.54) is 0 Å². The molecule has 0 unspecified atom stereocenters. The van der Waals surface area contributed by atoms with Gasteiger partial charge in [0.1, 0.15) is 6.54 Å². The van der Waals surface area contributed by atoms with Crippen LogP contribution in [-0.4, -0.2) is 44.2 Å². The van der Waals surface area contributed by atoms with Gasteiger partial charge in [0.25, 0.3) is 0 Å². The average molecular weight is 259 g/mol. The molecule has 106 valence electrons. The first-order valence-corrected chi connectivity index (χ1v) is 5.94. The number of aliphatic imine (C=N–C) groups is 1. The van der Waals surface area contributed by atoms with Crippen LogP contribution in [0.3, 0.4) is 0 Å². The van der Waals surface area contributed by atoms with Crippen molar-refractivity contribution >= 4 is 11.9 Å². The summed E-state index contributed by atoms with van der Waals surface area (Å²) >= 11 is 0. The van der Waals surface area contributed by atoms with Gasteiger partial charge in [-0.1, -0.05) is 0 Å². The third-order valence-corrected chi connectivity index (χ3v) is 1.85. The van der Waals surface area contributed by atoms with Gasteiger partial charge in [-0.3, -0.25) is 10.2 Å². The number of carbonyl (C=O) groups is 1.